The second-order valence-electron chi connectivity index (χ2n) is 6.19. The molecule has 7 heteroatoms. The van der Waals surface area contributed by atoms with Crippen molar-refractivity contribution >= 4 is 39.6 Å². The molecular formula is C21H15IN2O4. The molecule has 2 aromatic heterocycles. The number of aromatic nitrogens is 1. The summed E-state index contributed by atoms with van der Waals surface area (Å²) >= 11 is 2.15. The van der Waals surface area contributed by atoms with Crippen LogP contribution in [0.1, 0.15) is 11.1 Å². The topological polar surface area (TPSA) is 98.8 Å². The number of benzene rings is 2. The van der Waals surface area contributed by atoms with E-state index in [1.807, 2.05) is 18.2 Å². The molecule has 0 aliphatic rings. The maximum Gasteiger partial charge on any atom is 0.258 e. The molecule has 4 aromatic rings. The summed E-state index contributed by atoms with van der Waals surface area (Å²) in [7, 11) is 0. The van der Waals surface area contributed by atoms with E-state index in [1.165, 1.54) is 6.21 Å². The highest BCUT2D eigenvalue weighted by Gasteiger charge is 2.11. The number of aliphatic imine (C=N–C) groups is 1. The van der Waals surface area contributed by atoms with Crippen molar-refractivity contribution in [3.05, 3.63) is 79.8 Å². The monoisotopic (exact) mass is 486 g/mol. The highest BCUT2D eigenvalue weighted by Crippen LogP contribution is 2.28. The maximum absolute atomic E-state index is 12.1. The molecule has 0 amide bonds. The van der Waals surface area contributed by atoms with Crippen LogP contribution in [0.4, 0.5) is 0 Å². The van der Waals surface area contributed by atoms with Gasteiger partial charge in [0.15, 0.2) is 0 Å². The van der Waals surface area contributed by atoms with Gasteiger partial charge in [-0.3, -0.25) is 14.8 Å². The van der Waals surface area contributed by atoms with E-state index in [-0.39, 0.29) is 23.7 Å². The van der Waals surface area contributed by atoms with Gasteiger partial charge >= 0.3 is 0 Å². The van der Waals surface area contributed by atoms with Crippen molar-refractivity contribution in [2.24, 2.45) is 4.99 Å². The number of nitrogens with zero attached hydrogens (tertiary/aromatic N) is 1. The van der Waals surface area contributed by atoms with Gasteiger partial charge in [0.1, 0.15) is 11.5 Å². The number of aromatic amines is 1. The molecule has 0 fully saturated rings. The molecule has 2 heterocycles. The smallest absolute Gasteiger partial charge is 0.258 e. The SMILES string of the molecule is O=c1[nH]c(O)c(C=NCc2cc(O)ccc2-c2ccco2)c2cc(I)ccc12. The molecule has 0 saturated heterocycles. The first-order valence-electron chi connectivity index (χ1n) is 8.43. The molecule has 6 nitrogen and oxygen atoms in total. The number of nitrogens with one attached hydrogen (secondary N) is 1. The lowest BCUT2D eigenvalue weighted by Gasteiger charge is -2.07. The van der Waals surface area contributed by atoms with Crippen LogP contribution in [0.2, 0.25) is 0 Å². The van der Waals surface area contributed by atoms with Crippen LogP contribution in [-0.4, -0.2) is 21.4 Å². The molecule has 0 atom stereocenters. The molecular weight excluding hydrogens is 471 g/mol. The second-order valence-corrected chi connectivity index (χ2v) is 7.44. The fraction of sp³-hybridized carbons (Fsp3) is 0.0476. The highest BCUT2D eigenvalue weighted by molar-refractivity contribution is 14.1. The van der Waals surface area contributed by atoms with Gasteiger partial charge in [-0.2, -0.15) is 0 Å². The van der Waals surface area contributed by atoms with Gasteiger partial charge in [-0.1, -0.05) is 0 Å². The number of pyridine rings is 1. The Balaban J connectivity index is 1.73. The molecule has 0 unspecified atom stereocenters. The van der Waals surface area contributed by atoms with Gasteiger partial charge in [0, 0.05) is 26.1 Å². The Morgan fingerprint density at radius 1 is 1.11 bits per heavy atom. The zero-order chi connectivity index (χ0) is 19.7. The minimum atomic E-state index is -0.353. The Labute approximate surface area is 173 Å². The number of H-pyrrole nitrogens is 1. The Hall–Kier alpha value is -3.07. The predicted molar refractivity (Wildman–Crippen MR) is 116 cm³/mol. The molecule has 0 spiro atoms. The molecule has 140 valence electrons. The van der Waals surface area contributed by atoms with Crippen LogP contribution in [0.15, 0.2) is 69.0 Å². The van der Waals surface area contributed by atoms with Crippen LogP contribution in [0.25, 0.3) is 22.1 Å². The van der Waals surface area contributed by atoms with Crippen LogP contribution < -0.4 is 5.56 Å². The Kier molecular flexibility index (Phi) is 4.91. The summed E-state index contributed by atoms with van der Waals surface area (Å²) in [6.45, 7) is 0.258. The lowest BCUT2D eigenvalue weighted by atomic mass is 10.0. The van der Waals surface area contributed by atoms with E-state index in [0.717, 1.165) is 14.7 Å². The number of aromatic hydroxyl groups is 2. The van der Waals surface area contributed by atoms with Crippen molar-refractivity contribution in [3.8, 4) is 23.0 Å². The van der Waals surface area contributed by atoms with E-state index < -0.39 is 0 Å². The van der Waals surface area contributed by atoms with Gasteiger partial charge in [-0.05, 0) is 76.7 Å². The number of hydrogen-bond acceptors (Lipinski definition) is 5. The van der Waals surface area contributed by atoms with Gasteiger partial charge in [0.25, 0.3) is 5.56 Å². The van der Waals surface area contributed by atoms with Gasteiger partial charge < -0.3 is 14.6 Å². The number of halogens is 1. The largest absolute Gasteiger partial charge is 0.508 e. The van der Waals surface area contributed by atoms with E-state index in [4.69, 9.17) is 4.42 Å². The third-order valence-electron chi connectivity index (χ3n) is 4.36. The zero-order valence-corrected chi connectivity index (χ0v) is 16.7. The molecule has 0 aliphatic carbocycles. The summed E-state index contributed by atoms with van der Waals surface area (Å²) in [5.41, 5.74) is 1.68. The van der Waals surface area contributed by atoms with Gasteiger partial charge in [0.05, 0.1) is 18.4 Å². The van der Waals surface area contributed by atoms with E-state index in [0.29, 0.717) is 22.1 Å². The average molecular weight is 486 g/mol. The Morgan fingerprint density at radius 3 is 2.75 bits per heavy atom. The Bertz CT molecular complexity index is 1240. The lowest BCUT2D eigenvalue weighted by Crippen LogP contribution is -2.08. The maximum atomic E-state index is 12.1. The average Bonchev–Trinajstić information content (AvgIpc) is 3.18. The lowest BCUT2D eigenvalue weighted by molar-refractivity contribution is 0.452. The predicted octanol–water partition coefficient (Wildman–Crippen LogP) is 4.42. The number of phenols is 1. The first-order valence-corrected chi connectivity index (χ1v) is 9.51. The van der Waals surface area contributed by atoms with Gasteiger partial charge in [0.2, 0.25) is 5.88 Å². The summed E-state index contributed by atoms with van der Waals surface area (Å²) in [5, 5.41) is 21.2. The number of phenolic OH excluding ortho intramolecular Hbond substituents is 1. The standard InChI is InChI=1S/C21H15IN2O4/c22-13-3-5-16-17(9-13)18(21(27)24-20(16)26)11-23-10-12-8-14(25)4-6-15(12)19-2-1-7-28-19/h1-9,11,25H,10H2,(H2,24,26,27). The Morgan fingerprint density at radius 2 is 1.96 bits per heavy atom. The summed E-state index contributed by atoms with van der Waals surface area (Å²) in [5.74, 6) is 0.579. The molecule has 0 saturated carbocycles. The van der Waals surface area contributed by atoms with Crippen molar-refractivity contribution in [1.82, 2.24) is 4.98 Å². The van der Waals surface area contributed by atoms with E-state index in [2.05, 4.69) is 32.6 Å². The third-order valence-corrected chi connectivity index (χ3v) is 5.03. The summed E-state index contributed by atoms with van der Waals surface area (Å²) in [6.07, 6.45) is 3.11. The summed E-state index contributed by atoms with van der Waals surface area (Å²) < 4.78 is 6.40. The van der Waals surface area contributed by atoms with Crippen LogP contribution >= 0.6 is 22.6 Å². The summed E-state index contributed by atoms with van der Waals surface area (Å²) in [6, 6.07) is 14.0. The molecule has 28 heavy (non-hydrogen) atoms. The van der Waals surface area contributed by atoms with Crippen molar-refractivity contribution in [3.63, 3.8) is 0 Å². The molecule has 4 rings (SSSR count). The molecule has 0 radical (unpaired) electrons. The van der Waals surface area contributed by atoms with E-state index >= 15 is 0 Å². The minimum absolute atomic E-state index is 0.132. The zero-order valence-electron chi connectivity index (χ0n) is 14.5. The molecule has 0 aliphatic heterocycles. The van der Waals surface area contributed by atoms with E-state index in [1.54, 1.807) is 36.6 Å². The first-order chi connectivity index (χ1) is 13.5. The van der Waals surface area contributed by atoms with Crippen molar-refractivity contribution < 1.29 is 14.6 Å². The van der Waals surface area contributed by atoms with Gasteiger partial charge in [-0.25, -0.2) is 0 Å². The van der Waals surface area contributed by atoms with Gasteiger partial charge in [-0.15, -0.1) is 0 Å². The first kappa shape index (κ1) is 18.3. The number of fused-ring (bicyclic) bond motifs is 1. The molecule has 2 aromatic carbocycles. The quantitative estimate of drug-likeness (QED) is 0.294. The number of hydrogen-bond donors (Lipinski definition) is 3. The van der Waals surface area contributed by atoms with Crippen molar-refractivity contribution in [2.45, 2.75) is 6.54 Å². The fourth-order valence-corrected chi connectivity index (χ4v) is 3.55. The normalized spacial score (nSPS) is 11.5. The highest BCUT2D eigenvalue weighted by atomic mass is 127. The second kappa shape index (κ2) is 7.51. The fourth-order valence-electron chi connectivity index (χ4n) is 3.06. The minimum Gasteiger partial charge on any atom is -0.508 e. The molecule has 0 bridgehead atoms. The van der Waals surface area contributed by atoms with Crippen molar-refractivity contribution in [1.29, 1.82) is 0 Å². The molecule has 3 N–H and O–H groups in total. The number of rotatable bonds is 4. The van der Waals surface area contributed by atoms with E-state index in [9.17, 15) is 15.0 Å². The van der Waals surface area contributed by atoms with Crippen LogP contribution in [0.5, 0.6) is 11.6 Å². The van der Waals surface area contributed by atoms with Crippen LogP contribution in [0.3, 0.4) is 0 Å². The van der Waals surface area contributed by atoms with Crippen molar-refractivity contribution in [2.75, 3.05) is 0 Å². The number of furan rings is 1. The summed E-state index contributed by atoms with van der Waals surface area (Å²) in [4.78, 5) is 18.9. The van der Waals surface area contributed by atoms with Crippen LogP contribution in [-0.2, 0) is 6.54 Å². The third kappa shape index (κ3) is 3.53. The van der Waals surface area contributed by atoms with Crippen LogP contribution in [0, 0.1) is 3.57 Å².